The van der Waals surface area contributed by atoms with Crippen LogP contribution in [-0.2, 0) is 16.4 Å². The van der Waals surface area contributed by atoms with E-state index in [-0.39, 0.29) is 0 Å². The smallest absolute Gasteiger partial charge is 0.243 e. The summed E-state index contributed by atoms with van der Waals surface area (Å²) in [4.78, 5) is 8.74. The Labute approximate surface area is 142 Å². The van der Waals surface area contributed by atoms with Gasteiger partial charge in [-0.05, 0) is 43.7 Å². The number of aromatic nitrogens is 2. The fourth-order valence-electron chi connectivity index (χ4n) is 3.09. The third kappa shape index (κ3) is 3.91. The molecule has 1 aromatic carbocycles. The van der Waals surface area contributed by atoms with Gasteiger partial charge in [0.15, 0.2) is 0 Å². The number of hydrogen-bond acceptors (Lipinski definition) is 5. The van der Waals surface area contributed by atoms with E-state index in [0.29, 0.717) is 29.7 Å². The van der Waals surface area contributed by atoms with Gasteiger partial charge in [-0.15, -0.1) is 0 Å². The van der Waals surface area contributed by atoms with Crippen LogP contribution >= 0.6 is 0 Å². The Morgan fingerprint density at radius 1 is 1.08 bits per heavy atom. The van der Waals surface area contributed by atoms with Crippen molar-refractivity contribution < 1.29 is 8.42 Å². The predicted molar refractivity (Wildman–Crippen MR) is 92.7 cm³/mol. The molecule has 7 heteroatoms. The highest BCUT2D eigenvalue weighted by Gasteiger charge is 2.27. The summed E-state index contributed by atoms with van der Waals surface area (Å²) in [6.45, 7) is 1.12. The lowest BCUT2D eigenvalue weighted by Crippen LogP contribution is -2.32. The quantitative estimate of drug-likeness (QED) is 0.915. The molecule has 0 bridgehead atoms. The Morgan fingerprint density at radius 3 is 2.58 bits per heavy atom. The van der Waals surface area contributed by atoms with E-state index in [1.54, 1.807) is 41.0 Å². The van der Waals surface area contributed by atoms with E-state index < -0.39 is 10.0 Å². The maximum atomic E-state index is 12.7. The van der Waals surface area contributed by atoms with Gasteiger partial charge in [-0.3, -0.25) is 4.98 Å². The van der Waals surface area contributed by atoms with E-state index in [1.807, 2.05) is 6.07 Å². The van der Waals surface area contributed by atoms with E-state index in [0.717, 1.165) is 31.4 Å². The SMILES string of the molecule is Nc1cnc(CC2CCCN(S(=O)(=O)c3ccccc3)CC2)cn1. The first kappa shape index (κ1) is 16.9. The Balaban J connectivity index is 1.66. The molecular weight excluding hydrogens is 324 g/mol. The maximum Gasteiger partial charge on any atom is 0.243 e. The standard InChI is InChI=1S/C17H22N4O2S/c18-17-13-19-15(12-20-17)11-14-5-4-9-21(10-8-14)24(22,23)16-6-2-1-3-7-16/h1-3,6-7,12-14H,4-5,8-11H2,(H2,18,20). The molecule has 1 unspecified atom stereocenters. The van der Waals surface area contributed by atoms with E-state index in [9.17, 15) is 8.42 Å². The summed E-state index contributed by atoms with van der Waals surface area (Å²) >= 11 is 0. The van der Waals surface area contributed by atoms with Gasteiger partial charge in [0, 0.05) is 13.1 Å². The van der Waals surface area contributed by atoms with Gasteiger partial charge in [0.25, 0.3) is 0 Å². The zero-order valence-corrected chi connectivity index (χ0v) is 14.3. The van der Waals surface area contributed by atoms with Gasteiger partial charge in [-0.2, -0.15) is 4.31 Å². The summed E-state index contributed by atoms with van der Waals surface area (Å²) < 4.78 is 27.1. The number of hydrogen-bond donors (Lipinski definition) is 1. The van der Waals surface area contributed by atoms with Crippen LogP contribution < -0.4 is 5.73 Å². The van der Waals surface area contributed by atoms with Crippen LogP contribution in [0.25, 0.3) is 0 Å². The van der Waals surface area contributed by atoms with Crippen molar-refractivity contribution in [2.75, 3.05) is 18.8 Å². The maximum absolute atomic E-state index is 12.7. The molecule has 128 valence electrons. The van der Waals surface area contributed by atoms with Gasteiger partial charge >= 0.3 is 0 Å². The van der Waals surface area contributed by atoms with Crippen molar-refractivity contribution in [1.82, 2.24) is 14.3 Å². The second-order valence-corrected chi connectivity index (χ2v) is 8.09. The lowest BCUT2D eigenvalue weighted by molar-refractivity contribution is 0.409. The molecule has 0 aliphatic carbocycles. The highest BCUT2D eigenvalue weighted by Crippen LogP contribution is 2.25. The van der Waals surface area contributed by atoms with Gasteiger partial charge in [0.2, 0.25) is 10.0 Å². The van der Waals surface area contributed by atoms with Crippen LogP contribution in [0.15, 0.2) is 47.6 Å². The van der Waals surface area contributed by atoms with Crippen LogP contribution in [0.2, 0.25) is 0 Å². The molecule has 6 nitrogen and oxygen atoms in total. The summed E-state index contributed by atoms with van der Waals surface area (Å²) in [5.41, 5.74) is 6.47. The van der Waals surface area contributed by atoms with Crippen LogP contribution in [0.3, 0.4) is 0 Å². The normalized spacial score (nSPS) is 19.8. The lowest BCUT2D eigenvalue weighted by Gasteiger charge is -2.20. The Kier molecular flexibility index (Phi) is 5.11. The van der Waals surface area contributed by atoms with Gasteiger partial charge in [-0.1, -0.05) is 18.2 Å². The molecule has 1 atom stereocenters. The lowest BCUT2D eigenvalue weighted by atomic mass is 9.95. The minimum absolute atomic E-state index is 0.368. The van der Waals surface area contributed by atoms with E-state index in [4.69, 9.17) is 5.73 Å². The molecule has 2 heterocycles. The van der Waals surface area contributed by atoms with Crippen molar-refractivity contribution in [1.29, 1.82) is 0 Å². The molecule has 1 aliphatic rings. The molecule has 3 rings (SSSR count). The third-order valence-electron chi connectivity index (χ3n) is 4.41. The molecule has 0 saturated carbocycles. The molecule has 1 aromatic heterocycles. The van der Waals surface area contributed by atoms with Crippen molar-refractivity contribution in [3.8, 4) is 0 Å². The van der Waals surface area contributed by atoms with Crippen molar-refractivity contribution in [2.24, 2.45) is 5.92 Å². The number of nitrogen functional groups attached to an aromatic ring is 1. The molecule has 1 aliphatic heterocycles. The van der Waals surface area contributed by atoms with Crippen molar-refractivity contribution in [2.45, 2.75) is 30.6 Å². The largest absolute Gasteiger partial charge is 0.382 e. The van der Waals surface area contributed by atoms with Gasteiger partial charge < -0.3 is 5.73 Å². The third-order valence-corrected chi connectivity index (χ3v) is 6.32. The Hall–Kier alpha value is -1.99. The monoisotopic (exact) mass is 346 g/mol. The Bertz CT molecular complexity index is 763. The van der Waals surface area contributed by atoms with E-state index in [2.05, 4.69) is 9.97 Å². The molecular formula is C17H22N4O2S. The molecule has 0 radical (unpaired) electrons. The minimum atomic E-state index is -3.40. The molecule has 24 heavy (non-hydrogen) atoms. The summed E-state index contributed by atoms with van der Waals surface area (Å²) in [6.07, 6.45) is 6.77. The fourth-order valence-corrected chi connectivity index (χ4v) is 4.61. The summed E-state index contributed by atoms with van der Waals surface area (Å²) in [7, 11) is -3.40. The highest BCUT2D eigenvalue weighted by atomic mass is 32.2. The number of nitrogens with zero attached hydrogens (tertiary/aromatic N) is 3. The first-order valence-electron chi connectivity index (χ1n) is 8.17. The molecule has 0 spiro atoms. The van der Waals surface area contributed by atoms with Crippen molar-refractivity contribution in [3.63, 3.8) is 0 Å². The summed E-state index contributed by atoms with van der Waals surface area (Å²) in [5, 5.41) is 0. The molecule has 0 amide bonds. The molecule has 1 fully saturated rings. The molecule has 2 aromatic rings. The number of benzene rings is 1. The van der Waals surface area contributed by atoms with E-state index in [1.165, 1.54) is 0 Å². The number of nitrogens with two attached hydrogens (primary N) is 1. The zero-order chi connectivity index (χ0) is 17.0. The first-order valence-corrected chi connectivity index (χ1v) is 9.61. The topological polar surface area (TPSA) is 89.2 Å². The van der Waals surface area contributed by atoms with E-state index >= 15 is 0 Å². The zero-order valence-electron chi connectivity index (χ0n) is 13.5. The van der Waals surface area contributed by atoms with Gasteiger partial charge in [-0.25, -0.2) is 13.4 Å². The Morgan fingerprint density at radius 2 is 1.88 bits per heavy atom. The predicted octanol–water partition coefficient (Wildman–Crippen LogP) is 2.09. The minimum Gasteiger partial charge on any atom is -0.382 e. The molecule has 1 saturated heterocycles. The van der Waals surface area contributed by atoms with Crippen molar-refractivity contribution in [3.05, 3.63) is 48.4 Å². The van der Waals surface area contributed by atoms with Crippen LogP contribution in [0.4, 0.5) is 5.82 Å². The average molecular weight is 346 g/mol. The highest BCUT2D eigenvalue weighted by molar-refractivity contribution is 7.89. The van der Waals surface area contributed by atoms with Gasteiger partial charge in [0.05, 0.1) is 23.0 Å². The van der Waals surface area contributed by atoms with Crippen LogP contribution in [-0.4, -0.2) is 35.8 Å². The summed E-state index contributed by atoms with van der Waals surface area (Å²) in [6, 6.07) is 8.65. The van der Waals surface area contributed by atoms with Crippen LogP contribution in [0.1, 0.15) is 25.0 Å². The average Bonchev–Trinajstić information content (AvgIpc) is 2.84. The number of anilines is 1. The summed E-state index contributed by atoms with van der Waals surface area (Å²) in [5.74, 6) is 0.832. The second-order valence-electron chi connectivity index (χ2n) is 6.15. The van der Waals surface area contributed by atoms with Crippen LogP contribution in [0.5, 0.6) is 0 Å². The number of sulfonamides is 1. The van der Waals surface area contributed by atoms with Crippen molar-refractivity contribution >= 4 is 15.8 Å². The van der Waals surface area contributed by atoms with Gasteiger partial charge in [0.1, 0.15) is 5.82 Å². The second kappa shape index (κ2) is 7.27. The first-order chi connectivity index (χ1) is 11.6. The van der Waals surface area contributed by atoms with Crippen LogP contribution in [0, 0.1) is 5.92 Å². The molecule has 2 N–H and O–H groups in total. The fraction of sp³-hybridized carbons (Fsp3) is 0.412. The number of rotatable bonds is 4.